The SMILES string of the molecule is CC(C)(CCN)CCC(=O)NCC(C)(C)C(N)=O. The minimum atomic E-state index is -0.706. The van der Waals surface area contributed by atoms with Crippen molar-refractivity contribution in [2.24, 2.45) is 22.3 Å². The Bertz CT molecular complexity index is 299. The van der Waals surface area contributed by atoms with Crippen LogP contribution in [0.25, 0.3) is 0 Å². The first kappa shape index (κ1) is 16.9. The largest absolute Gasteiger partial charge is 0.369 e. The second-order valence-corrected chi connectivity index (χ2v) is 6.23. The zero-order chi connectivity index (χ0) is 14.4. The Morgan fingerprint density at radius 1 is 1.11 bits per heavy atom. The number of nitrogens with two attached hydrogens (primary N) is 2. The van der Waals surface area contributed by atoms with Crippen LogP contribution in [0.2, 0.25) is 0 Å². The van der Waals surface area contributed by atoms with E-state index in [1.165, 1.54) is 0 Å². The van der Waals surface area contributed by atoms with Crippen LogP contribution < -0.4 is 16.8 Å². The highest BCUT2D eigenvalue weighted by Crippen LogP contribution is 2.25. The quantitative estimate of drug-likeness (QED) is 0.599. The lowest BCUT2D eigenvalue weighted by Crippen LogP contribution is -2.42. The summed E-state index contributed by atoms with van der Waals surface area (Å²) in [5.74, 6) is -0.458. The van der Waals surface area contributed by atoms with E-state index in [1.54, 1.807) is 13.8 Å². The van der Waals surface area contributed by atoms with Gasteiger partial charge in [0.15, 0.2) is 0 Å². The lowest BCUT2D eigenvalue weighted by atomic mass is 9.84. The third-order valence-corrected chi connectivity index (χ3v) is 3.24. The molecule has 0 aromatic carbocycles. The lowest BCUT2D eigenvalue weighted by molar-refractivity contribution is -0.127. The second-order valence-electron chi connectivity index (χ2n) is 6.23. The average molecular weight is 257 g/mol. The number of hydrogen-bond donors (Lipinski definition) is 3. The van der Waals surface area contributed by atoms with Crippen molar-refractivity contribution >= 4 is 11.8 Å². The number of hydrogen-bond acceptors (Lipinski definition) is 3. The standard InChI is InChI=1S/C13H27N3O2/c1-12(2,7-8-14)6-5-10(17)16-9-13(3,4)11(15)18/h5-9,14H2,1-4H3,(H2,15,18)(H,16,17). The molecule has 106 valence electrons. The van der Waals surface area contributed by atoms with Crippen molar-refractivity contribution in [2.45, 2.75) is 47.0 Å². The molecule has 0 aliphatic rings. The predicted molar refractivity (Wildman–Crippen MR) is 72.7 cm³/mol. The molecule has 0 saturated carbocycles. The molecular formula is C13H27N3O2. The summed E-state index contributed by atoms with van der Waals surface area (Å²) in [4.78, 5) is 22.8. The van der Waals surface area contributed by atoms with Crippen LogP contribution in [0.3, 0.4) is 0 Å². The number of primary amides is 1. The first-order valence-corrected chi connectivity index (χ1v) is 6.37. The molecule has 18 heavy (non-hydrogen) atoms. The molecule has 0 aliphatic carbocycles. The molecule has 0 spiro atoms. The minimum Gasteiger partial charge on any atom is -0.369 e. The molecule has 0 bridgehead atoms. The van der Waals surface area contributed by atoms with E-state index in [1.807, 2.05) is 0 Å². The summed E-state index contributed by atoms with van der Waals surface area (Å²) in [7, 11) is 0. The smallest absolute Gasteiger partial charge is 0.224 e. The highest BCUT2D eigenvalue weighted by Gasteiger charge is 2.25. The lowest BCUT2D eigenvalue weighted by Gasteiger charge is -2.24. The summed E-state index contributed by atoms with van der Waals surface area (Å²) in [6.45, 7) is 8.53. The topological polar surface area (TPSA) is 98.2 Å². The molecule has 0 fully saturated rings. The third kappa shape index (κ3) is 6.59. The van der Waals surface area contributed by atoms with E-state index in [-0.39, 0.29) is 17.9 Å². The van der Waals surface area contributed by atoms with Crippen molar-refractivity contribution in [3.63, 3.8) is 0 Å². The van der Waals surface area contributed by atoms with Crippen molar-refractivity contribution < 1.29 is 9.59 Å². The molecule has 5 heteroatoms. The Kier molecular flexibility index (Phi) is 6.32. The van der Waals surface area contributed by atoms with E-state index in [9.17, 15) is 9.59 Å². The fourth-order valence-electron chi connectivity index (χ4n) is 1.46. The molecule has 0 atom stereocenters. The summed E-state index contributed by atoms with van der Waals surface area (Å²) in [5.41, 5.74) is 10.1. The Labute approximate surface area is 110 Å². The number of nitrogens with one attached hydrogen (secondary N) is 1. The fraction of sp³-hybridized carbons (Fsp3) is 0.846. The molecule has 5 N–H and O–H groups in total. The first-order chi connectivity index (χ1) is 8.10. The van der Waals surface area contributed by atoms with Crippen molar-refractivity contribution in [1.82, 2.24) is 5.32 Å². The number of rotatable bonds is 8. The zero-order valence-corrected chi connectivity index (χ0v) is 12.0. The van der Waals surface area contributed by atoms with Gasteiger partial charge in [0.25, 0.3) is 0 Å². The van der Waals surface area contributed by atoms with Crippen molar-refractivity contribution in [2.75, 3.05) is 13.1 Å². The van der Waals surface area contributed by atoms with E-state index >= 15 is 0 Å². The van der Waals surface area contributed by atoms with Crippen LogP contribution in [0.15, 0.2) is 0 Å². The Hall–Kier alpha value is -1.10. The minimum absolute atomic E-state index is 0.0468. The number of carbonyl (C=O) groups is 2. The Morgan fingerprint density at radius 2 is 1.67 bits per heavy atom. The van der Waals surface area contributed by atoms with Crippen LogP contribution in [0.4, 0.5) is 0 Å². The molecule has 0 heterocycles. The highest BCUT2D eigenvalue weighted by atomic mass is 16.2. The average Bonchev–Trinajstić information content (AvgIpc) is 2.23. The van der Waals surface area contributed by atoms with Crippen molar-refractivity contribution in [3.05, 3.63) is 0 Å². The first-order valence-electron chi connectivity index (χ1n) is 6.37. The molecule has 0 saturated heterocycles. The second kappa shape index (κ2) is 6.73. The summed E-state index contributed by atoms with van der Waals surface area (Å²) in [6.07, 6.45) is 2.13. The van der Waals surface area contributed by atoms with E-state index in [0.29, 0.717) is 13.0 Å². The zero-order valence-electron chi connectivity index (χ0n) is 12.0. The third-order valence-electron chi connectivity index (χ3n) is 3.24. The summed E-state index contributed by atoms with van der Waals surface area (Å²) >= 11 is 0. The van der Waals surface area contributed by atoms with Gasteiger partial charge in [0.2, 0.25) is 11.8 Å². The van der Waals surface area contributed by atoms with Crippen LogP contribution >= 0.6 is 0 Å². The van der Waals surface area contributed by atoms with Gasteiger partial charge < -0.3 is 16.8 Å². The van der Waals surface area contributed by atoms with Gasteiger partial charge in [-0.1, -0.05) is 13.8 Å². The van der Waals surface area contributed by atoms with Crippen LogP contribution in [0, 0.1) is 10.8 Å². The fourth-order valence-corrected chi connectivity index (χ4v) is 1.46. The maximum absolute atomic E-state index is 11.7. The number of carbonyl (C=O) groups excluding carboxylic acids is 2. The van der Waals surface area contributed by atoms with Crippen LogP contribution in [-0.4, -0.2) is 24.9 Å². The Balaban J connectivity index is 4.03. The molecule has 0 unspecified atom stereocenters. The highest BCUT2D eigenvalue weighted by molar-refractivity contribution is 5.82. The van der Waals surface area contributed by atoms with Gasteiger partial charge in [-0.2, -0.15) is 0 Å². The summed E-state index contributed by atoms with van der Waals surface area (Å²) in [5, 5.41) is 2.75. The molecular weight excluding hydrogens is 230 g/mol. The van der Waals surface area contributed by atoms with Gasteiger partial charge >= 0.3 is 0 Å². The van der Waals surface area contributed by atoms with Crippen LogP contribution in [0.5, 0.6) is 0 Å². The van der Waals surface area contributed by atoms with E-state index in [4.69, 9.17) is 11.5 Å². The molecule has 0 radical (unpaired) electrons. The van der Waals surface area contributed by atoms with E-state index in [0.717, 1.165) is 12.8 Å². The van der Waals surface area contributed by atoms with Gasteiger partial charge in [-0.3, -0.25) is 9.59 Å². The van der Waals surface area contributed by atoms with Gasteiger partial charge in [-0.25, -0.2) is 0 Å². The predicted octanol–water partition coefficient (Wildman–Crippen LogP) is 0.769. The number of amides is 2. The van der Waals surface area contributed by atoms with Crippen molar-refractivity contribution in [3.8, 4) is 0 Å². The van der Waals surface area contributed by atoms with Gasteiger partial charge in [-0.15, -0.1) is 0 Å². The van der Waals surface area contributed by atoms with Gasteiger partial charge in [0.1, 0.15) is 0 Å². The van der Waals surface area contributed by atoms with E-state index < -0.39 is 11.3 Å². The maximum atomic E-state index is 11.7. The van der Waals surface area contributed by atoms with Crippen LogP contribution in [-0.2, 0) is 9.59 Å². The molecule has 0 aromatic rings. The molecule has 0 aliphatic heterocycles. The maximum Gasteiger partial charge on any atom is 0.224 e. The normalized spacial score (nSPS) is 12.3. The van der Waals surface area contributed by atoms with Gasteiger partial charge in [0.05, 0.1) is 5.41 Å². The summed E-state index contributed by atoms with van der Waals surface area (Å²) < 4.78 is 0. The monoisotopic (exact) mass is 257 g/mol. The summed E-state index contributed by atoms with van der Waals surface area (Å²) in [6, 6.07) is 0. The van der Waals surface area contributed by atoms with Crippen molar-refractivity contribution in [1.29, 1.82) is 0 Å². The van der Waals surface area contributed by atoms with E-state index in [2.05, 4.69) is 19.2 Å². The molecule has 0 aromatic heterocycles. The van der Waals surface area contributed by atoms with Gasteiger partial charge in [-0.05, 0) is 38.6 Å². The molecule has 2 amide bonds. The van der Waals surface area contributed by atoms with Crippen LogP contribution in [0.1, 0.15) is 47.0 Å². The Morgan fingerprint density at radius 3 is 2.11 bits per heavy atom. The molecule has 5 nitrogen and oxygen atoms in total. The molecule has 0 rings (SSSR count). The van der Waals surface area contributed by atoms with Gasteiger partial charge in [0, 0.05) is 13.0 Å².